The van der Waals surface area contributed by atoms with Gasteiger partial charge in [-0.1, -0.05) is 60.7 Å². The van der Waals surface area contributed by atoms with Crippen LogP contribution in [0.5, 0.6) is 5.75 Å². The number of pyridine rings is 1. The van der Waals surface area contributed by atoms with E-state index in [4.69, 9.17) is 10.5 Å². The van der Waals surface area contributed by atoms with Crippen LogP contribution in [0.3, 0.4) is 0 Å². The lowest BCUT2D eigenvalue weighted by molar-refractivity contribution is 0.251. The highest BCUT2D eigenvalue weighted by Crippen LogP contribution is 2.24. The Hall–Kier alpha value is -4.32. The number of hydrogen-bond acceptors (Lipinski definition) is 4. The smallest absolute Gasteiger partial charge is 0.319 e. The number of aromatic nitrogens is 1. The fourth-order valence-electron chi connectivity index (χ4n) is 3.45. The van der Waals surface area contributed by atoms with Crippen molar-refractivity contribution in [1.82, 2.24) is 10.3 Å². The van der Waals surface area contributed by atoms with Crippen molar-refractivity contribution >= 4 is 17.5 Å². The van der Waals surface area contributed by atoms with E-state index in [-0.39, 0.29) is 6.03 Å². The zero-order chi connectivity index (χ0) is 22.9. The molecule has 4 rings (SSSR count). The van der Waals surface area contributed by atoms with Gasteiger partial charge in [-0.25, -0.2) is 9.78 Å². The Balaban J connectivity index is 1.26. The van der Waals surface area contributed by atoms with Crippen LogP contribution in [0.25, 0.3) is 11.1 Å². The minimum Gasteiger partial charge on any atom is -0.493 e. The number of nitrogens with zero attached hydrogens (tertiary/aromatic N) is 1. The topological polar surface area (TPSA) is 89.3 Å². The average Bonchev–Trinajstić information content (AvgIpc) is 2.86. The summed E-state index contributed by atoms with van der Waals surface area (Å²) in [6.45, 7) is 0.928. The first-order valence-electron chi connectivity index (χ1n) is 10.8. The SMILES string of the molecule is Nc1ccc(CNC(=O)Nc2ccc(OCCc3ccccc3-c3ccccc3)cc2)cn1. The number of rotatable bonds is 8. The van der Waals surface area contributed by atoms with E-state index in [1.807, 2.05) is 48.5 Å². The number of carbonyl (C=O) groups is 1. The Morgan fingerprint density at radius 2 is 1.64 bits per heavy atom. The second-order valence-electron chi connectivity index (χ2n) is 7.55. The van der Waals surface area contributed by atoms with Crippen molar-refractivity contribution in [1.29, 1.82) is 0 Å². The molecule has 0 aliphatic carbocycles. The summed E-state index contributed by atoms with van der Waals surface area (Å²) in [5.41, 5.74) is 10.8. The maximum Gasteiger partial charge on any atom is 0.319 e. The van der Waals surface area contributed by atoms with Crippen molar-refractivity contribution in [2.24, 2.45) is 0 Å². The second kappa shape index (κ2) is 10.8. The number of hydrogen-bond donors (Lipinski definition) is 3. The van der Waals surface area contributed by atoms with Gasteiger partial charge in [0.1, 0.15) is 11.6 Å². The van der Waals surface area contributed by atoms with Crippen LogP contribution >= 0.6 is 0 Å². The highest BCUT2D eigenvalue weighted by Gasteiger charge is 2.06. The molecular formula is C27H26N4O2. The van der Waals surface area contributed by atoms with Gasteiger partial charge in [0.05, 0.1) is 6.61 Å². The summed E-state index contributed by atoms with van der Waals surface area (Å²) in [5, 5.41) is 5.60. The first kappa shape index (κ1) is 21.9. The van der Waals surface area contributed by atoms with Gasteiger partial charge < -0.3 is 21.1 Å². The largest absolute Gasteiger partial charge is 0.493 e. The zero-order valence-electron chi connectivity index (χ0n) is 18.2. The molecule has 33 heavy (non-hydrogen) atoms. The number of urea groups is 1. The molecule has 1 heterocycles. The van der Waals surface area contributed by atoms with Crippen LogP contribution < -0.4 is 21.1 Å². The molecule has 0 aliphatic heterocycles. The fraction of sp³-hybridized carbons (Fsp3) is 0.111. The monoisotopic (exact) mass is 438 g/mol. The molecule has 6 nitrogen and oxygen atoms in total. The third kappa shape index (κ3) is 6.33. The molecule has 4 N–H and O–H groups in total. The van der Waals surface area contributed by atoms with Crippen LogP contribution in [-0.2, 0) is 13.0 Å². The summed E-state index contributed by atoms with van der Waals surface area (Å²) in [4.78, 5) is 16.1. The van der Waals surface area contributed by atoms with Crippen LogP contribution in [-0.4, -0.2) is 17.6 Å². The molecule has 0 bridgehead atoms. The maximum absolute atomic E-state index is 12.1. The van der Waals surface area contributed by atoms with Crippen molar-refractivity contribution in [3.8, 4) is 16.9 Å². The second-order valence-corrected chi connectivity index (χ2v) is 7.55. The molecule has 1 aromatic heterocycles. The highest BCUT2D eigenvalue weighted by molar-refractivity contribution is 5.89. The van der Waals surface area contributed by atoms with Gasteiger partial charge in [-0.3, -0.25) is 0 Å². The Bertz CT molecular complexity index is 1180. The van der Waals surface area contributed by atoms with Crippen molar-refractivity contribution in [3.05, 3.63) is 108 Å². The summed E-state index contributed by atoms with van der Waals surface area (Å²) in [6, 6.07) is 29.3. The number of nitrogen functional groups attached to an aromatic ring is 1. The molecular weight excluding hydrogens is 412 g/mol. The summed E-state index contributed by atoms with van der Waals surface area (Å²) in [6.07, 6.45) is 2.44. The van der Waals surface area contributed by atoms with Crippen LogP contribution in [0.2, 0.25) is 0 Å². The summed E-state index contributed by atoms with van der Waals surface area (Å²) in [7, 11) is 0. The zero-order valence-corrected chi connectivity index (χ0v) is 18.2. The minimum absolute atomic E-state index is 0.294. The van der Waals surface area contributed by atoms with E-state index in [9.17, 15) is 4.79 Å². The number of benzene rings is 3. The molecule has 0 saturated heterocycles. The third-order valence-corrected chi connectivity index (χ3v) is 5.16. The Kier molecular flexibility index (Phi) is 7.18. The first-order valence-corrected chi connectivity index (χ1v) is 10.8. The van der Waals surface area contributed by atoms with E-state index >= 15 is 0 Å². The van der Waals surface area contributed by atoms with Gasteiger partial charge in [-0.05, 0) is 52.6 Å². The number of anilines is 2. The standard InChI is InChI=1S/C27H26N4O2/c28-26-15-10-20(18-29-26)19-30-27(32)31-23-11-13-24(14-12-23)33-17-16-22-8-4-5-9-25(22)21-6-2-1-3-7-21/h1-15,18H,16-17,19H2,(H2,28,29)(H2,30,31,32). The number of amides is 2. The van der Waals surface area contributed by atoms with E-state index in [1.165, 1.54) is 16.7 Å². The fourth-order valence-corrected chi connectivity index (χ4v) is 3.45. The van der Waals surface area contributed by atoms with E-state index < -0.39 is 0 Å². The lowest BCUT2D eigenvalue weighted by Crippen LogP contribution is -2.28. The van der Waals surface area contributed by atoms with Crippen LogP contribution in [0.4, 0.5) is 16.3 Å². The molecule has 166 valence electrons. The molecule has 0 radical (unpaired) electrons. The van der Waals surface area contributed by atoms with Crippen LogP contribution in [0, 0.1) is 0 Å². The van der Waals surface area contributed by atoms with Gasteiger partial charge >= 0.3 is 6.03 Å². The maximum atomic E-state index is 12.1. The van der Waals surface area contributed by atoms with E-state index in [2.05, 4.69) is 52.0 Å². The Morgan fingerprint density at radius 1 is 0.879 bits per heavy atom. The minimum atomic E-state index is -0.294. The number of ether oxygens (including phenoxy) is 1. The van der Waals surface area contributed by atoms with Crippen LogP contribution in [0.15, 0.2) is 97.2 Å². The number of nitrogens with one attached hydrogen (secondary N) is 2. The molecule has 0 atom stereocenters. The van der Waals surface area contributed by atoms with Crippen molar-refractivity contribution in [3.63, 3.8) is 0 Å². The molecule has 6 heteroatoms. The van der Waals surface area contributed by atoms with Gasteiger partial charge in [-0.2, -0.15) is 0 Å². The van der Waals surface area contributed by atoms with Crippen LogP contribution in [0.1, 0.15) is 11.1 Å². The van der Waals surface area contributed by atoms with Gasteiger partial charge in [0.15, 0.2) is 0 Å². The molecule has 0 spiro atoms. The number of carbonyl (C=O) groups excluding carboxylic acids is 1. The van der Waals surface area contributed by atoms with Gasteiger partial charge in [-0.15, -0.1) is 0 Å². The molecule has 0 fully saturated rings. The molecule has 0 aliphatic rings. The molecule has 0 saturated carbocycles. The van der Waals surface area contributed by atoms with E-state index in [1.54, 1.807) is 12.3 Å². The first-order chi connectivity index (χ1) is 16.2. The predicted octanol–water partition coefficient (Wildman–Crippen LogP) is 5.27. The molecule has 2 amide bonds. The van der Waals surface area contributed by atoms with E-state index in [0.717, 1.165) is 17.7 Å². The summed E-state index contributed by atoms with van der Waals surface area (Å²) < 4.78 is 5.93. The van der Waals surface area contributed by atoms with Gasteiger partial charge in [0, 0.05) is 24.8 Å². The summed E-state index contributed by atoms with van der Waals surface area (Å²) >= 11 is 0. The quantitative estimate of drug-likeness (QED) is 0.349. The van der Waals surface area contributed by atoms with Gasteiger partial charge in [0.2, 0.25) is 0 Å². The average molecular weight is 439 g/mol. The molecule has 4 aromatic rings. The molecule has 0 unspecified atom stereocenters. The lowest BCUT2D eigenvalue weighted by atomic mass is 9.98. The Morgan fingerprint density at radius 3 is 2.39 bits per heavy atom. The van der Waals surface area contributed by atoms with Crippen molar-refractivity contribution < 1.29 is 9.53 Å². The van der Waals surface area contributed by atoms with Crippen molar-refractivity contribution in [2.75, 3.05) is 17.7 Å². The predicted molar refractivity (Wildman–Crippen MR) is 132 cm³/mol. The van der Waals surface area contributed by atoms with E-state index in [0.29, 0.717) is 24.7 Å². The normalized spacial score (nSPS) is 10.4. The highest BCUT2D eigenvalue weighted by atomic mass is 16.5. The Labute approximate surface area is 193 Å². The summed E-state index contributed by atoms with van der Waals surface area (Å²) in [5.74, 6) is 1.21. The molecule has 3 aromatic carbocycles. The third-order valence-electron chi connectivity index (χ3n) is 5.16. The van der Waals surface area contributed by atoms with Crippen molar-refractivity contribution in [2.45, 2.75) is 13.0 Å². The lowest BCUT2D eigenvalue weighted by Gasteiger charge is -2.12. The number of nitrogens with two attached hydrogens (primary N) is 1. The van der Waals surface area contributed by atoms with Gasteiger partial charge in [0.25, 0.3) is 0 Å².